The zero-order valence-electron chi connectivity index (χ0n) is 15.3. The predicted molar refractivity (Wildman–Crippen MR) is 104 cm³/mol. The average molecular weight is 361 g/mol. The van der Waals surface area contributed by atoms with Crippen LogP contribution in [-0.2, 0) is 13.0 Å². The molecule has 136 valence electrons. The van der Waals surface area contributed by atoms with Crippen molar-refractivity contribution in [2.45, 2.75) is 26.8 Å². The van der Waals surface area contributed by atoms with Crippen LogP contribution in [0.1, 0.15) is 27.8 Å². The van der Waals surface area contributed by atoms with Gasteiger partial charge in [-0.3, -0.25) is 4.98 Å². The van der Waals surface area contributed by atoms with Crippen molar-refractivity contribution < 1.29 is 4.39 Å². The zero-order valence-corrected chi connectivity index (χ0v) is 15.3. The minimum absolute atomic E-state index is 0.335. The molecular weight excluding hydrogens is 341 g/mol. The van der Waals surface area contributed by atoms with E-state index in [0.29, 0.717) is 6.54 Å². The lowest BCUT2D eigenvalue weighted by molar-refractivity contribution is 0.619. The van der Waals surface area contributed by atoms with Gasteiger partial charge >= 0.3 is 0 Å². The Morgan fingerprint density at radius 1 is 1.00 bits per heavy atom. The summed E-state index contributed by atoms with van der Waals surface area (Å²) in [6, 6.07) is 5.75. The van der Waals surface area contributed by atoms with Gasteiger partial charge in [0.25, 0.3) is 0 Å². The number of hydrogen-bond acceptors (Lipinski definition) is 4. The minimum atomic E-state index is -0.335. The van der Waals surface area contributed by atoms with E-state index in [2.05, 4.69) is 37.4 Å². The van der Waals surface area contributed by atoms with E-state index in [1.807, 2.05) is 32.4 Å². The number of aromatic nitrogens is 4. The zero-order chi connectivity index (χ0) is 18.8. The molecule has 0 aliphatic heterocycles. The number of hydrogen-bond donors (Lipinski definition) is 2. The van der Waals surface area contributed by atoms with Gasteiger partial charge in [0.2, 0.25) is 0 Å². The first-order chi connectivity index (χ1) is 13.1. The second-order valence-corrected chi connectivity index (χ2v) is 6.77. The van der Waals surface area contributed by atoms with E-state index < -0.39 is 0 Å². The first kappa shape index (κ1) is 17.1. The van der Waals surface area contributed by atoms with E-state index in [4.69, 9.17) is 0 Å². The molecule has 0 radical (unpaired) electrons. The summed E-state index contributed by atoms with van der Waals surface area (Å²) in [6.45, 7) is 4.54. The summed E-state index contributed by atoms with van der Waals surface area (Å²) in [4.78, 5) is 16.1. The van der Waals surface area contributed by atoms with Crippen LogP contribution in [-0.4, -0.2) is 19.9 Å². The fourth-order valence-corrected chi connectivity index (χ4v) is 3.18. The van der Waals surface area contributed by atoms with Gasteiger partial charge in [-0.1, -0.05) is 6.07 Å². The summed E-state index contributed by atoms with van der Waals surface area (Å²) in [6.07, 6.45) is 9.38. The smallest absolute Gasteiger partial charge is 0.141 e. The SMILES string of the molecule is Cc1cnc2[nH]cc(Cc3cnc(NCc4cncc(F)c4)c(C)c3)c2c1. The monoisotopic (exact) mass is 361 g/mol. The molecule has 0 saturated carbocycles. The van der Waals surface area contributed by atoms with E-state index in [0.717, 1.165) is 45.5 Å². The molecule has 5 nitrogen and oxygen atoms in total. The Morgan fingerprint density at radius 3 is 2.70 bits per heavy atom. The molecule has 4 heterocycles. The molecule has 0 saturated heterocycles. The van der Waals surface area contributed by atoms with Gasteiger partial charge in [0.05, 0.1) is 6.20 Å². The Labute approximate surface area is 156 Å². The summed E-state index contributed by atoms with van der Waals surface area (Å²) in [5.74, 6) is 0.456. The lowest BCUT2D eigenvalue weighted by atomic mass is 10.0. The van der Waals surface area contributed by atoms with Crippen LogP contribution >= 0.6 is 0 Å². The van der Waals surface area contributed by atoms with Gasteiger partial charge in [-0.2, -0.15) is 0 Å². The molecule has 0 spiro atoms. The maximum atomic E-state index is 13.2. The number of nitrogens with one attached hydrogen (secondary N) is 2. The molecule has 2 N–H and O–H groups in total. The van der Waals surface area contributed by atoms with Gasteiger partial charge in [0.15, 0.2) is 0 Å². The highest BCUT2D eigenvalue weighted by atomic mass is 19.1. The molecular formula is C21H20FN5. The molecule has 0 atom stereocenters. The fourth-order valence-electron chi connectivity index (χ4n) is 3.18. The first-order valence-corrected chi connectivity index (χ1v) is 8.80. The third-order valence-corrected chi connectivity index (χ3v) is 4.50. The number of anilines is 1. The normalized spacial score (nSPS) is 11.1. The highest BCUT2D eigenvalue weighted by molar-refractivity contribution is 5.80. The summed E-state index contributed by atoms with van der Waals surface area (Å²) in [5, 5.41) is 4.39. The van der Waals surface area contributed by atoms with E-state index in [9.17, 15) is 4.39 Å². The number of rotatable bonds is 5. The van der Waals surface area contributed by atoms with Crippen molar-refractivity contribution in [3.63, 3.8) is 0 Å². The number of halogens is 1. The van der Waals surface area contributed by atoms with Crippen LogP contribution in [0.3, 0.4) is 0 Å². The summed E-state index contributed by atoms with van der Waals surface area (Å²) in [7, 11) is 0. The lowest BCUT2D eigenvalue weighted by Gasteiger charge is -2.10. The van der Waals surface area contributed by atoms with Crippen molar-refractivity contribution in [3.8, 4) is 0 Å². The molecule has 27 heavy (non-hydrogen) atoms. The van der Waals surface area contributed by atoms with Crippen LogP contribution in [0.15, 0.2) is 49.2 Å². The van der Waals surface area contributed by atoms with Crippen LogP contribution in [0.5, 0.6) is 0 Å². The third kappa shape index (κ3) is 3.79. The van der Waals surface area contributed by atoms with Crippen molar-refractivity contribution in [2.75, 3.05) is 5.32 Å². The first-order valence-electron chi connectivity index (χ1n) is 8.80. The molecule has 0 fully saturated rings. The summed E-state index contributed by atoms with van der Waals surface area (Å²) < 4.78 is 13.2. The second-order valence-electron chi connectivity index (χ2n) is 6.77. The Bertz CT molecular complexity index is 1100. The van der Waals surface area contributed by atoms with Crippen molar-refractivity contribution in [1.29, 1.82) is 0 Å². The van der Waals surface area contributed by atoms with Gasteiger partial charge < -0.3 is 10.3 Å². The molecule has 0 aliphatic carbocycles. The fraction of sp³-hybridized carbons (Fsp3) is 0.190. The van der Waals surface area contributed by atoms with Crippen molar-refractivity contribution in [3.05, 3.63) is 82.8 Å². The molecule has 4 aromatic rings. The molecule has 6 heteroatoms. The number of nitrogens with zero attached hydrogens (tertiary/aromatic N) is 3. The number of fused-ring (bicyclic) bond motifs is 1. The van der Waals surface area contributed by atoms with Crippen molar-refractivity contribution in [2.24, 2.45) is 0 Å². The quantitative estimate of drug-likeness (QED) is 0.556. The van der Waals surface area contributed by atoms with Crippen molar-refractivity contribution in [1.82, 2.24) is 19.9 Å². The number of H-pyrrole nitrogens is 1. The average Bonchev–Trinajstić information content (AvgIpc) is 3.03. The molecule has 0 aromatic carbocycles. The van der Waals surface area contributed by atoms with Gasteiger partial charge in [0, 0.05) is 43.1 Å². The van der Waals surface area contributed by atoms with Gasteiger partial charge in [0.1, 0.15) is 17.3 Å². The molecule has 0 aliphatic rings. The van der Waals surface area contributed by atoms with Gasteiger partial charge in [-0.15, -0.1) is 0 Å². The maximum absolute atomic E-state index is 13.2. The van der Waals surface area contributed by atoms with E-state index in [1.165, 1.54) is 17.8 Å². The molecule has 0 bridgehead atoms. The topological polar surface area (TPSA) is 66.5 Å². The second kappa shape index (κ2) is 7.15. The van der Waals surface area contributed by atoms with E-state index in [1.54, 1.807) is 6.20 Å². The van der Waals surface area contributed by atoms with Crippen LogP contribution in [0.4, 0.5) is 10.2 Å². The molecule has 4 rings (SSSR count). The Kier molecular flexibility index (Phi) is 4.54. The molecule has 4 aromatic heterocycles. The Balaban J connectivity index is 1.50. The number of aryl methyl sites for hydroxylation is 2. The standard InChI is InChI=1S/C21H20FN5/c1-13-3-19-17(11-27-21(19)24-7-13)5-15-4-14(2)20(25-9-15)26-10-16-6-18(22)12-23-8-16/h3-4,6-9,11-12H,5,10H2,1-2H3,(H,24,27)(H,25,26). The third-order valence-electron chi connectivity index (χ3n) is 4.50. The number of pyridine rings is 3. The number of aromatic amines is 1. The van der Waals surface area contributed by atoms with Crippen LogP contribution < -0.4 is 5.32 Å². The highest BCUT2D eigenvalue weighted by Crippen LogP contribution is 2.22. The molecule has 0 amide bonds. The van der Waals surface area contributed by atoms with Crippen LogP contribution in [0, 0.1) is 19.7 Å². The maximum Gasteiger partial charge on any atom is 0.141 e. The largest absolute Gasteiger partial charge is 0.366 e. The van der Waals surface area contributed by atoms with E-state index in [-0.39, 0.29) is 5.82 Å². The lowest BCUT2D eigenvalue weighted by Crippen LogP contribution is -2.04. The van der Waals surface area contributed by atoms with Crippen molar-refractivity contribution >= 4 is 16.9 Å². The molecule has 0 unspecified atom stereocenters. The Morgan fingerprint density at radius 2 is 1.89 bits per heavy atom. The van der Waals surface area contributed by atoms with Gasteiger partial charge in [-0.25, -0.2) is 14.4 Å². The predicted octanol–water partition coefficient (Wildman–Crippen LogP) is 4.31. The highest BCUT2D eigenvalue weighted by Gasteiger charge is 2.08. The summed E-state index contributed by atoms with van der Waals surface area (Å²) in [5.41, 5.74) is 6.21. The van der Waals surface area contributed by atoms with Crippen LogP contribution in [0.25, 0.3) is 11.0 Å². The Hall–Kier alpha value is -3.28. The summed E-state index contributed by atoms with van der Waals surface area (Å²) >= 11 is 0. The van der Waals surface area contributed by atoms with Gasteiger partial charge in [-0.05, 0) is 53.8 Å². The minimum Gasteiger partial charge on any atom is -0.366 e. The van der Waals surface area contributed by atoms with Crippen LogP contribution in [0.2, 0.25) is 0 Å². The van der Waals surface area contributed by atoms with E-state index >= 15 is 0 Å².